The Morgan fingerprint density at radius 2 is 2.06 bits per heavy atom. The SMILES string of the molecule is O=C(N[C@H]1CCCNC1)C1(C(F)(F)F)CC1. The summed E-state index contributed by atoms with van der Waals surface area (Å²) in [6.07, 6.45) is -2.89. The van der Waals surface area contributed by atoms with E-state index in [-0.39, 0.29) is 18.9 Å². The standard InChI is InChI=1S/C10H15F3N2O/c11-10(12,13)9(3-4-9)8(16)15-7-2-1-5-14-6-7/h7,14H,1-6H2,(H,15,16)/t7-/m0/s1. The third-order valence-electron chi connectivity index (χ3n) is 3.36. The van der Waals surface area contributed by atoms with Gasteiger partial charge in [-0.05, 0) is 32.2 Å². The van der Waals surface area contributed by atoms with E-state index in [1.165, 1.54) is 0 Å². The maximum Gasteiger partial charge on any atom is 0.403 e. The molecule has 16 heavy (non-hydrogen) atoms. The minimum absolute atomic E-state index is 0.0670. The lowest BCUT2D eigenvalue weighted by atomic mass is 10.0. The average molecular weight is 236 g/mol. The first-order chi connectivity index (χ1) is 7.46. The maximum atomic E-state index is 12.6. The minimum atomic E-state index is -4.40. The number of amides is 1. The Morgan fingerprint density at radius 1 is 1.38 bits per heavy atom. The Hall–Kier alpha value is -0.780. The molecule has 0 bridgehead atoms. The Kier molecular flexibility index (Phi) is 2.86. The average Bonchev–Trinajstić information content (AvgIpc) is 2.98. The van der Waals surface area contributed by atoms with E-state index >= 15 is 0 Å². The molecule has 1 amide bonds. The van der Waals surface area contributed by atoms with E-state index in [4.69, 9.17) is 0 Å². The number of halogens is 3. The molecule has 0 aromatic carbocycles. The second-order valence-corrected chi connectivity index (χ2v) is 4.60. The Balaban J connectivity index is 1.93. The number of hydrogen-bond acceptors (Lipinski definition) is 2. The van der Waals surface area contributed by atoms with Crippen molar-refractivity contribution in [1.29, 1.82) is 0 Å². The number of nitrogens with one attached hydrogen (secondary N) is 2. The lowest BCUT2D eigenvalue weighted by molar-refractivity contribution is -0.192. The maximum absolute atomic E-state index is 12.6. The first-order valence-electron chi connectivity index (χ1n) is 5.54. The van der Waals surface area contributed by atoms with Crippen LogP contribution in [-0.4, -0.2) is 31.2 Å². The molecule has 0 aromatic heterocycles. The van der Waals surface area contributed by atoms with Crippen LogP contribution in [0.4, 0.5) is 13.2 Å². The van der Waals surface area contributed by atoms with Gasteiger partial charge in [-0.3, -0.25) is 4.79 Å². The molecule has 2 fully saturated rings. The number of alkyl halides is 3. The quantitative estimate of drug-likeness (QED) is 0.756. The molecular weight excluding hydrogens is 221 g/mol. The molecule has 1 saturated heterocycles. The van der Waals surface area contributed by atoms with Crippen LogP contribution in [0.3, 0.4) is 0 Å². The highest BCUT2D eigenvalue weighted by Crippen LogP contribution is 2.57. The van der Waals surface area contributed by atoms with Gasteiger partial charge in [0.2, 0.25) is 5.91 Å². The highest BCUT2D eigenvalue weighted by molar-refractivity contribution is 5.86. The highest BCUT2D eigenvalue weighted by Gasteiger charge is 2.68. The van der Waals surface area contributed by atoms with Crippen LogP contribution < -0.4 is 10.6 Å². The first kappa shape index (κ1) is 11.7. The van der Waals surface area contributed by atoms with Crippen LogP contribution in [0, 0.1) is 5.41 Å². The number of carbonyl (C=O) groups is 1. The summed E-state index contributed by atoms with van der Waals surface area (Å²) in [5.41, 5.74) is -2.08. The Morgan fingerprint density at radius 3 is 2.50 bits per heavy atom. The number of hydrogen-bond donors (Lipinski definition) is 2. The van der Waals surface area contributed by atoms with Crippen molar-refractivity contribution >= 4 is 5.91 Å². The summed E-state index contributed by atoms with van der Waals surface area (Å²) < 4.78 is 37.9. The summed E-state index contributed by atoms with van der Waals surface area (Å²) >= 11 is 0. The molecule has 92 valence electrons. The van der Waals surface area contributed by atoms with Crippen LogP contribution in [0.25, 0.3) is 0 Å². The van der Waals surface area contributed by atoms with Crippen LogP contribution in [0.2, 0.25) is 0 Å². The van der Waals surface area contributed by atoms with E-state index in [1.54, 1.807) is 0 Å². The highest BCUT2D eigenvalue weighted by atomic mass is 19.4. The lowest BCUT2D eigenvalue weighted by Crippen LogP contribution is -2.50. The third-order valence-corrected chi connectivity index (χ3v) is 3.36. The van der Waals surface area contributed by atoms with Crippen LogP contribution in [0.5, 0.6) is 0 Å². The minimum Gasteiger partial charge on any atom is -0.351 e. The van der Waals surface area contributed by atoms with Gasteiger partial charge in [0, 0.05) is 12.6 Å². The number of carbonyl (C=O) groups excluding carboxylic acids is 1. The fraction of sp³-hybridized carbons (Fsp3) is 0.900. The monoisotopic (exact) mass is 236 g/mol. The van der Waals surface area contributed by atoms with Crippen LogP contribution in [0.15, 0.2) is 0 Å². The Labute approximate surface area is 91.8 Å². The van der Waals surface area contributed by atoms with Gasteiger partial charge in [-0.2, -0.15) is 13.2 Å². The van der Waals surface area contributed by atoms with Crippen molar-refractivity contribution in [2.24, 2.45) is 5.41 Å². The molecule has 1 aliphatic carbocycles. The molecule has 6 heteroatoms. The molecule has 2 N–H and O–H groups in total. The first-order valence-corrected chi connectivity index (χ1v) is 5.54. The second-order valence-electron chi connectivity index (χ2n) is 4.60. The number of rotatable bonds is 2. The van der Waals surface area contributed by atoms with Gasteiger partial charge in [-0.15, -0.1) is 0 Å². The molecule has 1 atom stereocenters. The van der Waals surface area contributed by atoms with Crippen LogP contribution in [0.1, 0.15) is 25.7 Å². The third kappa shape index (κ3) is 2.03. The van der Waals surface area contributed by atoms with Gasteiger partial charge in [-0.25, -0.2) is 0 Å². The summed E-state index contributed by atoms with van der Waals surface area (Å²) in [5.74, 6) is -0.839. The summed E-state index contributed by atoms with van der Waals surface area (Å²) in [6, 6.07) is -0.152. The van der Waals surface area contributed by atoms with Gasteiger partial charge in [0.25, 0.3) is 0 Å². The van der Waals surface area contributed by atoms with Gasteiger partial charge >= 0.3 is 6.18 Å². The van der Waals surface area contributed by atoms with E-state index < -0.39 is 17.5 Å². The molecule has 2 rings (SSSR count). The summed E-state index contributed by atoms with van der Waals surface area (Å²) in [4.78, 5) is 11.6. The summed E-state index contributed by atoms with van der Waals surface area (Å²) in [5, 5.41) is 5.56. The fourth-order valence-corrected chi connectivity index (χ4v) is 2.06. The van der Waals surface area contributed by atoms with Gasteiger partial charge in [0.1, 0.15) is 5.41 Å². The molecule has 1 aliphatic heterocycles. The second kappa shape index (κ2) is 3.91. The Bertz CT molecular complexity index is 280. The molecule has 0 spiro atoms. The molecular formula is C10H15F3N2O. The molecule has 0 aromatic rings. The van der Waals surface area contributed by atoms with E-state index in [0.29, 0.717) is 6.54 Å². The van der Waals surface area contributed by atoms with Crippen molar-refractivity contribution in [3.05, 3.63) is 0 Å². The fourth-order valence-electron chi connectivity index (χ4n) is 2.06. The van der Waals surface area contributed by atoms with E-state index in [2.05, 4.69) is 10.6 Å². The van der Waals surface area contributed by atoms with Crippen LogP contribution >= 0.6 is 0 Å². The zero-order chi connectivity index (χ0) is 11.8. The van der Waals surface area contributed by atoms with Crippen molar-refractivity contribution in [1.82, 2.24) is 10.6 Å². The topological polar surface area (TPSA) is 41.1 Å². The smallest absolute Gasteiger partial charge is 0.351 e. The predicted octanol–water partition coefficient (Wildman–Crippen LogP) is 1.20. The summed E-state index contributed by atoms with van der Waals surface area (Å²) in [6.45, 7) is 1.44. The predicted molar refractivity (Wildman–Crippen MR) is 51.8 cm³/mol. The van der Waals surface area contributed by atoms with Crippen molar-refractivity contribution in [2.45, 2.75) is 37.9 Å². The number of piperidine rings is 1. The van der Waals surface area contributed by atoms with Crippen molar-refractivity contribution in [3.63, 3.8) is 0 Å². The largest absolute Gasteiger partial charge is 0.403 e. The van der Waals surface area contributed by atoms with Crippen molar-refractivity contribution < 1.29 is 18.0 Å². The molecule has 2 aliphatic rings. The van der Waals surface area contributed by atoms with Crippen molar-refractivity contribution in [2.75, 3.05) is 13.1 Å². The van der Waals surface area contributed by atoms with Gasteiger partial charge in [-0.1, -0.05) is 0 Å². The van der Waals surface area contributed by atoms with Crippen molar-refractivity contribution in [3.8, 4) is 0 Å². The van der Waals surface area contributed by atoms with E-state index in [9.17, 15) is 18.0 Å². The van der Waals surface area contributed by atoms with E-state index in [1.807, 2.05) is 0 Å². The normalized spacial score (nSPS) is 28.6. The molecule has 1 heterocycles. The van der Waals surface area contributed by atoms with Crippen LogP contribution in [-0.2, 0) is 4.79 Å². The molecule has 1 saturated carbocycles. The molecule has 0 radical (unpaired) electrons. The molecule has 3 nitrogen and oxygen atoms in total. The van der Waals surface area contributed by atoms with Gasteiger partial charge in [0.05, 0.1) is 0 Å². The summed E-state index contributed by atoms with van der Waals surface area (Å²) in [7, 11) is 0. The van der Waals surface area contributed by atoms with Gasteiger partial charge in [0.15, 0.2) is 0 Å². The lowest BCUT2D eigenvalue weighted by Gasteiger charge is -2.27. The van der Waals surface area contributed by atoms with Gasteiger partial charge < -0.3 is 10.6 Å². The zero-order valence-corrected chi connectivity index (χ0v) is 8.86. The zero-order valence-electron chi connectivity index (χ0n) is 8.86. The molecule has 0 unspecified atom stereocenters. The van der Waals surface area contributed by atoms with E-state index in [0.717, 1.165) is 19.4 Å².